The summed E-state index contributed by atoms with van der Waals surface area (Å²) in [6.45, 7) is 5.41. The van der Waals surface area contributed by atoms with Gasteiger partial charge in [-0.05, 0) is 18.6 Å². The van der Waals surface area contributed by atoms with E-state index in [-0.39, 0.29) is 0 Å². The Bertz CT molecular complexity index is 384. The van der Waals surface area contributed by atoms with Crippen molar-refractivity contribution in [2.24, 2.45) is 4.99 Å². The molecule has 21 heavy (non-hydrogen) atoms. The lowest BCUT2D eigenvalue weighted by Gasteiger charge is -2.11. The van der Waals surface area contributed by atoms with Crippen molar-refractivity contribution in [2.75, 3.05) is 39.1 Å². The van der Waals surface area contributed by atoms with Gasteiger partial charge in [-0.1, -0.05) is 31.5 Å². The topological polar surface area (TPSA) is 45.6 Å². The first-order valence-corrected chi connectivity index (χ1v) is 8.55. The molecule has 118 valence electrons. The zero-order chi connectivity index (χ0) is 15.2. The van der Waals surface area contributed by atoms with Crippen LogP contribution in [-0.4, -0.2) is 45.1 Å². The monoisotopic (exact) mass is 309 g/mol. The van der Waals surface area contributed by atoms with Crippen LogP contribution in [0.4, 0.5) is 0 Å². The van der Waals surface area contributed by atoms with E-state index in [0.29, 0.717) is 0 Å². The molecule has 5 heteroatoms. The zero-order valence-corrected chi connectivity index (χ0v) is 13.9. The highest BCUT2D eigenvalue weighted by molar-refractivity contribution is 7.99. The van der Waals surface area contributed by atoms with Crippen LogP contribution in [0.15, 0.2) is 40.2 Å². The van der Waals surface area contributed by atoms with Crippen LogP contribution in [0.2, 0.25) is 0 Å². The number of thioether (sulfide) groups is 1. The average Bonchev–Trinajstić information content (AvgIpc) is 2.53. The summed E-state index contributed by atoms with van der Waals surface area (Å²) in [6, 6.07) is 10.4. The smallest absolute Gasteiger partial charge is 0.191 e. The fourth-order valence-electron chi connectivity index (χ4n) is 1.67. The van der Waals surface area contributed by atoms with Crippen LogP contribution >= 0.6 is 11.8 Å². The zero-order valence-electron chi connectivity index (χ0n) is 13.1. The van der Waals surface area contributed by atoms with Crippen LogP contribution in [0.25, 0.3) is 0 Å². The van der Waals surface area contributed by atoms with E-state index in [1.54, 1.807) is 7.05 Å². The summed E-state index contributed by atoms with van der Waals surface area (Å²) in [7, 11) is 1.79. The normalized spacial score (nSPS) is 11.4. The third-order valence-corrected chi connectivity index (χ3v) is 3.82. The van der Waals surface area contributed by atoms with Gasteiger partial charge < -0.3 is 15.4 Å². The van der Waals surface area contributed by atoms with Gasteiger partial charge in [-0.3, -0.25) is 4.99 Å². The lowest BCUT2D eigenvalue weighted by Crippen LogP contribution is -2.39. The molecule has 1 aromatic carbocycles. The first-order chi connectivity index (χ1) is 10.4. The Hall–Kier alpha value is -1.20. The predicted octanol–water partition coefficient (Wildman–Crippen LogP) is 2.76. The summed E-state index contributed by atoms with van der Waals surface area (Å²) in [5.74, 6) is 1.85. The van der Waals surface area contributed by atoms with Gasteiger partial charge in [0.2, 0.25) is 0 Å². The summed E-state index contributed by atoms with van der Waals surface area (Å²) in [6.07, 6.45) is 2.30. The van der Waals surface area contributed by atoms with Gasteiger partial charge in [0.05, 0.1) is 6.61 Å². The van der Waals surface area contributed by atoms with E-state index in [9.17, 15) is 0 Å². The van der Waals surface area contributed by atoms with Gasteiger partial charge >= 0.3 is 0 Å². The highest BCUT2D eigenvalue weighted by Gasteiger charge is 1.97. The van der Waals surface area contributed by atoms with Crippen molar-refractivity contribution in [1.82, 2.24) is 10.6 Å². The number of rotatable bonds is 10. The van der Waals surface area contributed by atoms with Gasteiger partial charge in [-0.2, -0.15) is 0 Å². The third kappa shape index (κ3) is 9.37. The van der Waals surface area contributed by atoms with Gasteiger partial charge in [0.15, 0.2) is 5.96 Å². The molecule has 4 nitrogen and oxygen atoms in total. The van der Waals surface area contributed by atoms with Gasteiger partial charge in [0.25, 0.3) is 0 Å². The Labute approximate surface area is 132 Å². The van der Waals surface area contributed by atoms with Crippen LogP contribution in [0.5, 0.6) is 0 Å². The van der Waals surface area contributed by atoms with Crippen molar-refractivity contribution >= 4 is 17.7 Å². The molecule has 2 N–H and O–H groups in total. The van der Waals surface area contributed by atoms with Gasteiger partial charge in [0.1, 0.15) is 0 Å². The Balaban J connectivity index is 2.03. The number of aliphatic imine (C=N–C) groups is 1. The van der Waals surface area contributed by atoms with E-state index in [2.05, 4.69) is 46.8 Å². The van der Waals surface area contributed by atoms with Crippen LogP contribution < -0.4 is 10.6 Å². The molecule has 1 rings (SSSR count). The summed E-state index contributed by atoms with van der Waals surface area (Å²) < 4.78 is 5.50. The molecule has 0 aliphatic heterocycles. The van der Waals surface area contributed by atoms with E-state index in [0.717, 1.165) is 44.4 Å². The molecule has 0 aliphatic rings. The van der Waals surface area contributed by atoms with E-state index < -0.39 is 0 Å². The molecule has 0 saturated carbocycles. The fraction of sp³-hybridized carbons (Fsp3) is 0.562. The molecule has 0 atom stereocenters. The highest BCUT2D eigenvalue weighted by Crippen LogP contribution is 2.15. The van der Waals surface area contributed by atoms with Crippen LogP contribution in [0.1, 0.15) is 19.8 Å². The van der Waals surface area contributed by atoms with Crippen molar-refractivity contribution in [3.63, 3.8) is 0 Å². The fourth-order valence-corrected chi connectivity index (χ4v) is 2.46. The molecule has 0 aliphatic carbocycles. The molecular formula is C16H27N3OS. The van der Waals surface area contributed by atoms with E-state index in [4.69, 9.17) is 4.74 Å². The average molecular weight is 309 g/mol. The van der Waals surface area contributed by atoms with Gasteiger partial charge in [-0.25, -0.2) is 0 Å². The Morgan fingerprint density at radius 1 is 1.14 bits per heavy atom. The van der Waals surface area contributed by atoms with Crippen LogP contribution in [-0.2, 0) is 4.74 Å². The molecule has 0 amide bonds. The second kappa shape index (κ2) is 12.5. The maximum absolute atomic E-state index is 5.50. The number of guanidine groups is 1. The minimum absolute atomic E-state index is 0.722. The predicted molar refractivity (Wildman–Crippen MR) is 92.3 cm³/mol. The van der Waals surface area contributed by atoms with Crippen LogP contribution in [0, 0.1) is 0 Å². The second-order valence-electron chi connectivity index (χ2n) is 4.55. The second-order valence-corrected chi connectivity index (χ2v) is 5.72. The largest absolute Gasteiger partial charge is 0.380 e. The molecule has 0 fully saturated rings. The molecule has 1 aromatic rings. The first kappa shape index (κ1) is 17.9. The maximum atomic E-state index is 5.50. The number of nitrogens with one attached hydrogen (secondary N) is 2. The van der Waals surface area contributed by atoms with Gasteiger partial charge in [0, 0.05) is 37.4 Å². The molecule has 0 bridgehead atoms. The molecule has 0 unspecified atom stereocenters. The number of hydrogen-bond donors (Lipinski definition) is 2. The Morgan fingerprint density at radius 2 is 1.90 bits per heavy atom. The minimum Gasteiger partial charge on any atom is -0.380 e. The SMILES string of the molecule is CCCCOCCNC(=NC)NCCSc1ccccc1. The first-order valence-electron chi connectivity index (χ1n) is 7.57. The lowest BCUT2D eigenvalue weighted by atomic mass is 10.4. The van der Waals surface area contributed by atoms with E-state index in [1.165, 1.54) is 11.3 Å². The van der Waals surface area contributed by atoms with Crippen molar-refractivity contribution in [3.8, 4) is 0 Å². The Kier molecular flexibility index (Phi) is 10.7. The number of ether oxygens (including phenoxy) is 1. The summed E-state index contributed by atoms with van der Waals surface area (Å²) >= 11 is 1.84. The standard InChI is InChI=1S/C16H27N3OS/c1-3-4-12-20-13-10-18-16(17-2)19-11-14-21-15-8-6-5-7-9-15/h5-9H,3-4,10-14H2,1-2H3,(H2,17,18,19). The molecule has 0 heterocycles. The Morgan fingerprint density at radius 3 is 2.62 bits per heavy atom. The van der Waals surface area contributed by atoms with Crippen molar-refractivity contribution in [1.29, 1.82) is 0 Å². The van der Waals surface area contributed by atoms with E-state index in [1.807, 2.05) is 17.8 Å². The third-order valence-electron chi connectivity index (χ3n) is 2.81. The molecular weight excluding hydrogens is 282 g/mol. The highest BCUT2D eigenvalue weighted by atomic mass is 32.2. The van der Waals surface area contributed by atoms with Gasteiger partial charge in [-0.15, -0.1) is 11.8 Å². The van der Waals surface area contributed by atoms with Crippen molar-refractivity contribution < 1.29 is 4.74 Å². The minimum atomic E-state index is 0.722. The van der Waals surface area contributed by atoms with Crippen LogP contribution in [0.3, 0.4) is 0 Å². The lowest BCUT2D eigenvalue weighted by molar-refractivity contribution is 0.136. The molecule has 0 aromatic heterocycles. The number of unbranched alkanes of at least 4 members (excludes halogenated alkanes) is 1. The molecule has 0 spiro atoms. The summed E-state index contributed by atoms with van der Waals surface area (Å²) in [5, 5.41) is 6.55. The maximum Gasteiger partial charge on any atom is 0.191 e. The summed E-state index contributed by atoms with van der Waals surface area (Å²) in [5.41, 5.74) is 0. The van der Waals surface area contributed by atoms with Crippen molar-refractivity contribution in [2.45, 2.75) is 24.7 Å². The van der Waals surface area contributed by atoms with Crippen molar-refractivity contribution in [3.05, 3.63) is 30.3 Å². The summed E-state index contributed by atoms with van der Waals surface area (Å²) in [4.78, 5) is 5.49. The number of nitrogens with zero attached hydrogens (tertiary/aromatic N) is 1. The van der Waals surface area contributed by atoms with E-state index >= 15 is 0 Å². The quantitative estimate of drug-likeness (QED) is 0.302. The number of benzene rings is 1. The molecule has 0 radical (unpaired) electrons. The number of hydrogen-bond acceptors (Lipinski definition) is 3. The molecule has 0 saturated heterocycles.